The first-order valence-electron chi connectivity index (χ1n) is 20.7. The SMILES string of the molecule is CC12CC3=C(CCC(=O)O)C(C)(CC(=O)O)C(=N3)C=C3NC(C)(C4=C(CC(=O)O)C(C)(CCC(=O)O)C(=CC(=N1)C(CCC(=O)O)=C2CC(=O)O)N4)C(C)(CC(=O)O)C3CCC(=O)O. The van der Waals surface area contributed by atoms with Crippen molar-refractivity contribution in [2.24, 2.45) is 32.1 Å². The Balaban J connectivity index is 2.01. The van der Waals surface area contributed by atoms with Gasteiger partial charge in [0.2, 0.25) is 0 Å². The van der Waals surface area contributed by atoms with Gasteiger partial charge in [0, 0.05) is 77.1 Å². The van der Waals surface area contributed by atoms with Gasteiger partial charge in [-0.3, -0.25) is 48.3 Å². The zero-order chi connectivity index (χ0) is 47.9. The monoisotopic (exact) mass is 894 g/mol. The van der Waals surface area contributed by atoms with Gasteiger partial charge in [-0.1, -0.05) is 13.8 Å². The van der Waals surface area contributed by atoms with E-state index in [0.717, 1.165) is 0 Å². The highest BCUT2D eigenvalue weighted by Gasteiger charge is 2.63. The smallest absolute Gasteiger partial charge is 0.307 e. The molecule has 20 nitrogen and oxygen atoms in total. The number of aliphatic imine (C=N–C) groups is 2. The van der Waals surface area contributed by atoms with Gasteiger partial charge in [-0.25, -0.2) is 0 Å². The van der Waals surface area contributed by atoms with Gasteiger partial charge >= 0.3 is 47.8 Å². The Morgan fingerprint density at radius 3 is 1.75 bits per heavy atom. The lowest BCUT2D eigenvalue weighted by molar-refractivity contribution is -0.142. The third kappa shape index (κ3) is 9.08. The summed E-state index contributed by atoms with van der Waals surface area (Å²) >= 11 is 0. The molecule has 5 aliphatic heterocycles. The van der Waals surface area contributed by atoms with E-state index in [0.29, 0.717) is 0 Å². The lowest BCUT2D eigenvalue weighted by Crippen LogP contribution is -2.54. The molecule has 64 heavy (non-hydrogen) atoms. The zero-order valence-corrected chi connectivity index (χ0v) is 36.2. The summed E-state index contributed by atoms with van der Waals surface area (Å²) in [6, 6.07) is 0. The van der Waals surface area contributed by atoms with Gasteiger partial charge in [0.25, 0.3) is 0 Å². The van der Waals surface area contributed by atoms with Crippen LogP contribution in [0, 0.1) is 22.2 Å². The number of allylic oxidation sites excluding steroid dienone is 6. The molecule has 6 atom stereocenters. The van der Waals surface area contributed by atoms with Crippen LogP contribution in [-0.4, -0.2) is 111 Å². The number of fused-ring (bicyclic) bond motifs is 7. The average Bonchev–Trinajstić information content (AvgIpc) is 3.72. The van der Waals surface area contributed by atoms with E-state index in [-0.39, 0.29) is 88.6 Å². The maximum absolute atomic E-state index is 13.0. The van der Waals surface area contributed by atoms with Crippen LogP contribution in [0.25, 0.3) is 0 Å². The lowest BCUT2D eigenvalue weighted by atomic mass is 9.61. The molecule has 0 aromatic carbocycles. The van der Waals surface area contributed by atoms with Gasteiger partial charge < -0.3 is 51.5 Å². The van der Waals surface area contributed by atoms with Crippen molar-refractivity contribution in [2.75, 3.05) is 0 Å². The van der Waals surface area contributed by atoms with Crippen molar-refractivity contribution in [3.05, 3.63) is 57.2 Å². The zero-order valence-electron chi connectivity index (χ0n) is 36.2. The summed E-state index contributed by atoms with van der Waals surface area (Å²) < 4.78 is 0. The number of nitrogens with zero attached hydrogens (tertiary/aromatic N) is 2. The summed E-state index contributed by atoms with van der Waals surface area (Å²) in [5, 5.41) is 88.1. The topological polar surface area (TPSA) is 347 Å². The minimum absolute atomic E-state index is 0.0778. The number of carbonyl (C=O) groups is 8. The normalized spacial score (nSPS) is 29.4. The van der Waals surface area contributed by atoms with Gasteiger partial charge in [0.15, 0.2) is 0 Å². The molecule has 0 aromatic rings. The van der Waals surface area contributed by atoms with E-state index < -0.39 is 132 Å². The van der Waals surface area contributed by atoms with Crippen LogP contribution in [0.5, 0.6) is 0 Å². The maximum atomic E-state index is 13.0. The van der Waals surface area contributed by atoms with Gasteiger partial charge in [-0.05, 0) is 80.9 Å². The molecule has 346 valence electrons. The largest absolute Gasteiger partial charge is 0.481 e. The molecular weight excluding hydrogens is 840 g/mol. The summed E-state index contributed by atoms with van der Waals surface area (Å²) in [5.74, 6) is -11.1. The summed E-state index contributed by atoms with van der Waals surface area (Å²) in [4.78, 5) is 110. The Kier molecular flexibility index (Phi) is 13.3. The fourth-order valence-corrected chi connectivity index (χ4v) is 10.6. The summed E-state index contributed by atoms with van der Waals surface area (Å²) in [5.41, 5.74) is -6.09. The molecule has 20 heteroatoms. The minimum atomic E-state index is -1.65. The van der Waals surface area contributed by atoms with E-state index in [1.165, 1.54) is 12.2 Å². The quantitative estimate of drug-likeness (QED) is 0.0799. The molecule has 10 N–H and O–H groups in total. The summed E-state index contributed by atoms with van der Waals surface area (Å²) in [6.45, 7) is 7.95. The molecule has 5 rings (SSSR count). The summed E-state index contributed by atoms with van der Waals surface area (Å²) in [6.07, 6.45) is -2.61. The molecule has 5 aliphatic rings. The van der Waals surface area contributed by atoms with Crippen LogP contribution in [0.15, 0.2) is 67.2 Å². The van der Waals surface area contributed by atoms with Crippen molar-refractivity contribution >= 4 is 59.2 Å². The molecule has 0 radical (unpaired) electrons. The molecule has 1 fully saturated rings. The Labute approximate surface area is 366 Å². The van der Waals surface area contributed by atoms with Crippen LogP contribution in [0.1, 0.15) is 118 Å². The first-order chi connectivity index (χ1) is 29.6. The highest BCUT2D eigenvalue weighted by atomic mass is 16.4. The number of hydrogen-bond donors (Lipinski definition) is 10. The third-order valence-corrected chi connectivity index (χ3v) is 14.0. The van der Waals surface area contributed by atoms with Gasteiger partial charge in [-0.2, -0.15) is 0 Å². The maximum Gasteiger partial charge on any atom is 0.307 e. The van der Waals surface area contributed by atoms with Gasteiger partial charge in [-0.15, -0.1) is 0 Å². The second-order valence-corrected chi connectivity index (χ2v) is 18.2. The molecule has 0 saturated carbocycles. The molecule has 0 aliphatic carbocycles. The van der Waals surface area contributed by atoms with Crippen molar-refractivity contribution < 1.29 is 79.2 Å². The van der Waals surface area contributed by atoms with Crippen LogP contribution in [0.2, 0.25) is 0 Å². The predicted octanol–water partition coefficient (Wildman–Crippen LogP) is 4.59. The molecule has 0 aromatic heterocycles. The Morgan fingerprint density at radius 1 is 0.641 bits per heavy atom. The molecule has 5 heterocycles. The van der Waals surface area contributed by atoms with Crippen molar-refractivity contribution in [3.63, 3.8) is 0 Å². The standard InChI is InChI=1S/C44H54N4O16/c1-40(13-12-34(55)56)25(15-36(59)60)39-44(5)42(3,20-38(63)64)23(8-11-33(53)54)27(48-44)17-30-41(2,19-37(61)62)22(7-10-32(51)52)28(45-30)18-43(4)24(14-35(57)58)21(6-9-31(49)50)26(47-43)16-29(40)46-39/h16-17,23,46,48H,6-15,18-20H2,1-5H3,(H,49,50)(H,51,52)(H,53,54)(H,55,56)(H,57,58)(H,59,60)(H,61,62)(H,63,64). The second-order valence-electron chi connectivity index (χ2n) is 18.2. The first kappa shape index (κ1) is 48.4. The number of carboxylic acids is 8. The Morgan fingerprint density at radius 2 is 1.20 bits per heavy atom. The number of hydrogen-bond acceptors (Lipinski definition) is 12. The van der Waals surface area contributed by atoms with E-state index >= 15 is 0 Å². The molecule has 6 unspecified atom stereocenters. The second kappa shape index (κ2) is 17.5. The lowest BCUT2D eigenvalue weighted by Gasteiger charge is -2.44. The highest BCUT2D eigenvalue weighted by molar-refractivity contribution is 6.13. The van der Waals surface area contributed by atoms with Crippen LogP contribution in [-0.2, 0) is 38.4 Å². The Hall–Kier alpha value is -6.60. The van der Waals surface area contributed by atoms with Gasteiger partial charge in [0.1, 0.15) is 0 Å². The molecular formula is C44H54N4O16. The highest BCUT2D eigenvalue weighted by Crippen LogP contribution is 2.60. The van der Waals surface area contributed by atoms with Crippen molar-refractivity contribution in [1.29, 1.82) is 0 Å². The van der Waals surface area contributed by atoms with Crippen LogP contribution in [0.3, 0.4) is 0 Å². The van der Waals surface area contributed by atoms with Crippen LogP contribution >= 0.6 is 0 Å². The molecule has 0 spiro atoms. The Bertz CT molecular complexity index is 2350. The van der Waals surface area contributed by atoms with Crippen LogP contribution in [0.4, 0.5) is 0 Å². The molecule has 0 amide bonds. The molecule has 1 saturated heterocycles. The van der Waals surface area contributed by atoms with E-state index in [4.69, 9.17) is 9.98 Å². The fourth-order valence-electron chi connectivity index (χ4n) is 10.6. The van der Waals surface area contributed by atoms with Crippen molar-refractivity contribution in [2.45, 2.75) is 129 Å². The van der Waals surface area contributed by atoms with Gasteiger partial charge in [0.05, 0.1) is 48.2 Å². The number of aliphatic carboxylic acids is 8. The third-order valence-electron chi connectivity index (χ3n) is 14.0. The first-order valence-corrected chi connectivity index (χ1v) is 20.7. The van der Waals surface area contributed by atoms with Crippen LogP contribution < -0.4 is 10.6 Å². The van der Waals surface area contributed by atoms with E-state index in [2.05, 4.69) is 10.6 Å². The molecule has 8 bridgehead atoms. The number of nitrogens with one attached hydrogen (secondary N) is 2. The van der Waals surface area contributed by atoms with E-state index in [9.17, 15) is 79.2 Å². The summed E-state index contributed by atoms with van der Waals surface area (Å²) in [7, 11) is 0. The number of rotatable bonds is 20. The van der Waals surface area contributed by atoms with E-state index in [1.54, 1.807) is 34.6 Å². The van der Waals surface area contributed by atoms with Crippen molar-refractivity contribution in [3.8, 4) is 0 Å². The number of carboxylic acid groups (broad SMARTS) is 8. The van der Waals surface area contributed by atoms with Crippen molar-refractivity contribution in [1.82, 2.24) is 10.6 Å². The fraction of sp³-hybridized carbons (Fsp3) is 0.545. The minimum Gasteiger partial charge on any atom is -0.481 e. The van der Waals surface area contributed by atoms with E-state index in [1.807, 2.05) is 0 Å². The predicted molar refractivity (Wildman–Crippen MR) is 224 cm³/mol. The average molecular weight is 895 g/mol.